The van der Waals surface area contributed by atoms with E-state index in [0.717, 1.165) is 11.8 Å². The molecule has 0 aromatic heterocycles. The van der Waals surface area contributed by atoms with Crippen molar-refractivity contribution >= 4 is 0 Å². The molecular formula is C13H26N2. The normalized spacial score (nSPS) is 38.8. The standard InChI is InChI=1S/C13H26N2/c1-13(2,3)15-7-6-10-8-12(14)5-4-11(10)9-15/h10-12H,4-9,14H2,1-3H3. The van der Waals surface area contributed by atoms with E-state index < -0.39 is 0 Å². The van der Waals surface area contributed by atoms with Gasteiger partial charge < -0.3 is 5.73 Å². The van der Waals surface area contributed by atoms with Crippen LogP contribution in [0.1, 0.15) is 46.5 Å². The summed E-state index contributed by atoms with van der Waals surface area (Å²) in [4.78, 5) is 2.66. The molecule has 3 unspecified atom stereocenters. The number of rotatable bonds is 0. The summed E-state index contributed by atoms with van der Waals surface area (Å²) in [7, 11) is 0. The van der Waals surface area contributed by atoms with Gasteiger partial charge in [0.2, 0.25) is 0 Å². The van der Waals surface area contributed by atoms with Crippen LogP contribution in [0.25, 0.3) is 0 Å². The zero-order valence-corrected chi connectivity index (χ0v) is 10.5. The van der Waals surface area contributed by atoms with Crippen LogP contribution in [0.5, 0.6) is 0 Å². The fourth-order valence-electron chi connectivity index (χ4n) is 3.26. The summed E-state index contributed by atoms with van der Waals surface area (Å²) in [6.45, 7) is 9.59. The molecule has 1 heterocycles. The molecule has 2 aliphatic rings. The molecule has 0 aromatic carbocycles. The van der Waals surface area contributed by atoms with Crippen molar-refractivity contribution in [1.29, 1.82) is 0 Å². The Balaban J connectivity index is 1.95. The fraction of sp³-hybridized carbons (Fsp3) is 1.00. The Morgan fingerprint density at radius 1 is 1.07 bits per heavy atom. The minimum absolute atomic E-state index is 0.352. The lowest BCUT2D eigenvalue weighted by Crippen LogP contribution is -2.51. The highest BCUT2D eigenvalue weighted by Crippen LogP contribution is 2.37. The summed E-state index contributed by atoms with van der Waals surface area (Å²) >= 11 is 0. The Bertz CT molecular complexity index is 219. The van der Waals surface area contributed by atoms with Crippen LogP contribution in [-0.4, -0.2) is 29.6 Å². The van der Waals surface area contributed by atoms with E-state index in [1.165, 1.54) is 38.8 Å². The molecule has 1 aliphatic carbocycles. The number of piperidine rings is 1. The summed E-state index contributed by atoms with van der Waals surface area (Å²) in [5.41, 5.74) is 6.40. The van der Waals surface area contributed by atoms with Gasteiger partial charge in [0.1, 0.15) is 0 Å². The van der Waals surface area contributed by atoms with Gasteiger partial charge in [-0.2, -0.15) is 0 Å². The van der Waals surface area contributed by atoms with Gasteiger partial charge in [-0.05, 0) is 64.8 Å². The molecule has 0 bridgehead atoms. The van der Waals surface area contributed by atoms with E-state index >= 15 is 0 Å². The second-order valence-electron chi connectivity index (χ2n) is 6.50. The quantitative estimate of drug-likeness (QED) is 0.664. The maximum absolute atomic E-state index is 6.05. The van der Waals surface area contributed by atoms with Crippen LogP contribution in [0, 0.1) is 11.8 Å². The first-order chi connectivity index (χ1) is 6.97. The Morgan fingerprint density at radius 3 is 2.47 bits per heavy atom. The molecular weight excluding hydrogens is 184 g/mol. The van der Waals surface area contributed by atoms with Crippen LogP contribution >= 0.6 is 0 Å². The lowest BCUT2D eigenvalue weighted by atomic mass is 9.72. The smallest absolute Gasteiger partial charge is 0.0125 e. The molecule has 1 saturated heterocycles. The minimum atomic E-state index is 0.352. The average molecular weight is 210 g/mol. The van der Waals surface area contributed by atoms with E-state index in [2.05, 4.69) is 25.7 Å². The van der Waals surface area contributed by atoms with Crippen molar-refractivity contribution in [3.05, 3.63) is 0 Å². The third-order valence-corrected chi connectivity index (χ3v) is 4.35. The molecule has 1 saturated carbocycles. The van der Waals surface area contributed by atoms with Gasteiger partial charge in [0.15, 0.2) is 0 Å². The number of nitrogens with zero attached hydrogens (tertiary/aromatic N) is 1. The third kappa shape index (κ3) is 2.54. The summed E-state index contributed by atoms with van der Waals surface area (Å²) < 4.78 is 0. The first-order valence-corrected chi connectivity index (χ1v) is 6.47. The zero-order valence-electron chi connectivity index (χ0n) is 10.5. The van der Waals surface area contributed by atoms with E-state index in [1.54, 1.807) is 0 Å². The monoisotopic (exact) mass is 210 g/mol. The minimum Gasteiger partial charge on any atom is -0.328 e. The number of nitrogens with two attached hydrogens (primary N) is 1. The highest BCUT2D eigenvalue weighted by Gasteiger charge is 2.36. The molecule has 0 spiro atoms. The average Bonchev–Trinajstić information content (AvgIpc) is 2.15. The predicted molar refractivity (Wildman–Crippen MR) is 64.7 cm³/mol. The van der Waals surface area contributed by atoms with E-state index in [4.69, 9.17) is 5.73 Å². The van der Waals surface area contributed by atoms with Crippen molar-refractivity contribution in [1.82, 2.24) is 4.90 Å². The third-order valence-electron chi connectivity index (χ3n) is 4.35. The first kappa shape index (κ1) is 11.4. The molecule has 0 aromatic rings. The molecule has 2 fully saturated rings. The van der Waals surface area contributed by atoms with E-state index in [1.807, 2.05) is 0 Å². The van der Waals surface area contributed by atoms with Crippen LogP contribution in [0.4, 0.5) is 0 Å². The van der Waals surface area contributed by atoms with Crippen molar-refractivity contribution in [2.24, 2.45) is 17.6 Å². The lowest BCUT2D eigenvalue weighted by molar-refractivity contribution is 0.0249. The van der Waals surface area contributed by atoms with Crippen molar-refractivity contribution in [3.63, 3.8) is 0 Å². The van der Waals surface area contributed by atoms with Gasteiger partial charge in [-0.1, -0.05) is 0 Å². The van der Waals surface area contributed by atoms with Crippen molar-refractivity contribution in [2.75, 3.05) is 13.1 Å². The molecule has 2 rings (SSSR count). The van der Waals surface area contributed by atoms with Gasteiger partial charge in [-0.25, -0.2) is 0 Å². The molecule has 88 valence electrons. The number of fused-ring (bicyclic) bond motifs is 1. The highest BCUT2D eigenvalue weighted by molar-refractivity contribution is 4.91. The summed E-state index contributed by atoms with van der Waals surface area (Å²) in [5, 5.41) is 0. The maximum atomic E-state index is 6.05. The van der Waals surface area contributed by atoms with E-state index in [0.29, 0.717) is 11.6 Å². The van der Waals surface area contributed by atoms with E-state index in [-0.39, 0.29) is 0 Å². The van der Waals surface area contributed by atoms with Crippen molar-refractivity contribution in [2.45, 2.75) is 58.0 Å². The highest BCUT2D eigenvalue weighted by atomic mass is 15.2. The second-order valence-corrected chi connectivity index (χ2v) is 6.50. The Morgan fingerprint density at radius 2 is 1.80 bits per heavy atom. The Hall–Kier alpha value is -0.0800. The Kier molecular flexibility index (Phi) is 3.09. The number of likely N-dealkylation sites (tertiary alicyclic amines) is 1. The van der Waals surface area contributed by atoms with Gasteiger partial charge in [0, 0.05) is 18.1 Å². The van der Waals surface area contributed by atoms with Gasteiger partial charge in [0.25, 0.3) is 0 Å². The largest absolute Gasteiger partial charge is 0.328 e. The van der Waals surface area contributed by atoms with Crippen molar-refractivity contribution < 1.29 is 0 Å². The van der Waals surface area contributed by atoms with Gasteiger partial charge >= 0.3 is 0 Å². The topological polar surface area (TPSA) is 29.3 Å². The second kappa shape index (κ2) is 4.06. The number of hydrogen-bond donors (Lipinski definition) is 1. The molecule has 0 amide bonds. The fourth-order valence-corrected chi connectivity index (χ4v) is 3.26. The van der Waals surface area contributed by atoms with Crippen molar-refractivity contribution in [3.8, 4) is 0 Å². The molecule has 1 aliphatic heterocycles. The molecule has 2 N–H and O–H groups in total. The van der Waals surface area contributed by atoms with E-state index in [9.17, 15) is 0 Å². The zero-order chi connectivity index (χ0) is 11.1. The van der Waals surface area contributed by atoms with Crippen LogP contribution in [0.2, 0.25) is 0 Å². The maximum Gasteiger partial charge on any atom is 0.0125 e. The Labute approximate surface area is 94.2 Å². The number of hydrogen-bond acceptors (Lipinski definition) is 2. The van der Waals surface area contributed by atoms with Gasteiger partial charge in [0.05, 0.1) is 0 Å². The predicted octanol–water partition coefficient (Wildman–Crippen LogP) is 2.23. The van der Waals surface area contributed by atoms with Crippen LogP contribution < -0.4 is 5.73 Å². The van der Waals surface area contributed by atoms with Gasteiger partial charge in [-0.15, -0.1) is 0 Å². The summed E-state index contributed by atoms with van der Waals surface area (Å²) in [5.74, 6) is 1.85. The van der Waals surface area contributed by atoms with Crippen LogP contribution in [0.15, 0.2) is 0 Å². The molecule has 0 radical (unpaired) electrons. The lowest BCUT2D eigenvalue weighted by Gasteiger charge is -2.47. The van der Waals surface area contributed by atoms with Crippen LogP contribution in [0.3, 0.4) is 0 Å². The van der Waals surface area contributed by atoms with Crippen LogP contribution in [-0.2, 0) is 0 Å². The summed E-state index contributed by atoms with van der Waals surface area (Å²) in [6, 6.07) is 0.493. The molecule has 2 heteroatoms. The molecule has 15 heavy (non-hydrogen) atoms. The summed E-state index contributed by atoms with van der Waals surface area (Å²) in [6.07, 6.45) is 5.26. The molecule has 3 atom stereocenters. The SMILES string of the molecule is CC(C)(C)N1CCC2CC(N)CCC2C1. The van der Waals surface area contributed by atoms with Gasteiger partial charge in [-0.3, -0.25) is 4.90 Å². The first-order valence-electron chi connectivity index (χ1n) is 6.47. The molecule has 2 nitrogen and oxygen atoms in total.